The number of hydrogen-bond acceptors (Lipinski definition) is 5. The normalized spacial score (nSPS) is 17.4. The summed E-state index contributed by atoms with van der Waals surface area (Å²) in [5.41, 5.74) is 3.22. The van der Waals surface area contributed by atoms with Crippen molar-refractivity contribution >= 4 is 16.9 Å². The first-order valence-corrected chi connectivity index (χ1v) is 10.4. The molecule has 0 unspecified atom stereocenters. The van der Waals surface area contributed by atoms with Gasteiger partial charge in [-0.3, -0.25) is 4.98 Å². The van der Waals surface area contributed by atoms with Crippen LogP contribution >= 0.6 is 0 Å². The number of carbonyl (C=O) groups is 1. The van der Waals surface area contributed by atoms with Crippen molar-refractivity contribution in [3.63, 3.8) is 0 Å². The Kier molecular flexibility index (Phi) is 4.79. The van der Waals surface area contributed by atoms with Gasteiger partial charge in [-0.25, -0.2) is 4.79 Å². The van der Waals surface area contributed by atoms with E-state index in [9.17, 15) is 4.79 Å². The SMILES string of the molecule is CCOC(=O)N1CCC2(CC1)OCc1cc(-c3cncc4ccccc34)ccc1O2. The second-order valence-electron chi connectivity index (χ2n) is 7.72. The van der Waals surface area contributed by atoms with Crippen LogP contribution in [0.4, 0.5) is 4.79 Å². The van der Waals surface area contributed by atoms with E-state index in [0.29, 0.717) is 39.1 Å². The summed E-state index contributed by atoms with van der Waals surface area (Å²) in [6, 6.07) is 14.5. The Morgan fingerprint density at radius 1 is 1.17 bits per heavy atom. The second-order valence-corrected chi connectivity index (χ2v) is 7.72. The summed E-state index contributed by atoms with van der Waals surface area (Å²) >= 11 is 0. The number of ether oxygens (including phenoxy) is 3. The molecule has 1 aromatic heterocycles. The third-order valence-corrected chi connectivity index (χ3v) is 5.88. The Morgan fingerprint density at radius 3 is 2.83 bits per heavy atom. The maximum atomic E-state index is 12.0. The van der Waals surface area contributed by atoms with Crippen LogP contribution in [-0.2, 0) is 16.1 Å². The molecule has 0 aliphatic carbocycles. The van der Waals surface area contributed by atoms with Crippen molar-refractivity contribution in [2.45, 2.75) is 32.2 Å². The maximum absolute atomic E-state index is 12.0. The van der Waals surface area contributed by atoms with E-state index in [1.54, 1.807) is 4.90 Å². The van der Waals surface area contributed by atoms with Crippen molar-refractivity contribution in [2.24, 2.45) is 0 Å². The van der Waals surface area contributed by atoms with Gasteiger partial charge in [0, 0.05) is 54.8 Å². The van der Waals surface area contributed by atoms with Gasteiger partial charge < -0.3 is 19.1 Å². The van der Waals surface area contributed by atoms with Gasteiger partial charge >= 0.3 is 6.09 Å². The molecule has 2 aromatic carbocycles. The lowest BCUT2D eigenvalue weighted by atomic mass is 9.97. The third kappa shape index (κ3) is 3.37. The lowest BCUT2D eigenvalue weighted by Gasteiger charge is -2.43. The number of aromatic nitrogens is 1. The zero-order valence-corrected chi connectivity index (χ0v) is 17.0. The van der Waals surface area contributed by atoms with E-state index >= 15 is 0 Å². The third-order valence-electron chi connectivity index (χ3n) is 5.88. The largest absolute Gasteiger partial charge is 0.462 e. The number of hydrogen-bond donors (Lipinski definition) is 0. The fourth-order valence-electron chi connectivity index (χ4n) is 4.24. The van der Waals surface area contributed by atoms with Gasteiger partial charge in [0.1, 0.15) is 5.75 Å². The van der Waals surface area contributed by atoms with E-state index in [2.05, 4.69) is 29.2 Å². The molecule has 0 N–H and O–H groups in total. The number of amides is 1. The fourth-order valence-corrected chi connectivity index (χ4v) is 4.24. The maximum Gasteiger partial charge on any atom is 0.409 e. The Hall–Kier alpha value is -3.12. The molecule has 2 aliphatic rings. The summed E-state index contributed by atoms with van der Waals surface area (Å²) in [5, 5.41) is 2.29. The number of pyridine rings is 1. The van der Waals surface area contributed by atoms with Crippen molar-refractivity contribution in [1.29, 1.82) is 0 Å². The van der Waals surface area contributed by atoms with E-state index in [4.69, 9.17) is 14.2 Å². The van der Waals surface area contributed by atoms with Gasteiger partial charge in [-0.05, 0) is 30.0 Å². The first kappa shape index (κ1) is 18.9. The predicted molar refractivity (Wildman–Crippen MR) is 113 cm³/mol. The van der Waals surface area contributed by atoms with Gasteiger partial charge in [-0.2, -0.15) is 0 Å². The van der Waals surface area contributed by atoms with Crippen LogP contribution in [0, 0.1) is 0 Å². The van der Waals surface area contributed by atoms with Crippen LogP contribution in [0.1, 0.15) is 25.3 Å². The number of likely N-dealkylation sites (tertiary alicyclic amines) is 1. The van der Waals surface area contributed by atoms with Gasteiger partial charge in [0.25, 0.3) is 0 Å². The molecule has 3 heterocycles. The lowest BCUT2D eigenvalue weighted by Crippen LogP contribution is -2.52. The predicted octanol–water partition coefficient (Wildman–Crippen LogP) is 4.76. The molecule has 154 valence electrons. The molecule has 1 spiro atoms. The number of benzene rings is 2. The van der Waals surface area contributed by atoms with Crippen LogP contribution in [0.2, 0.25) is 0 Å². The fraction of sp³-hybridized carbons (Fsp3) is 0.333. The molecule has 3 aromatic rings. The van der Waals surface area contributed by atoms with Gasteiger partial charge in [-0.15, -0.1) is 0 Å². The highest BCUT2D eigenvalue weighted by Crippen LogP contribution is 2.40. The summed E-state index contributed by atoms with van der Waals surface area (Å²) in [7, 11) is 0. The highest BCUT2D eigenvalue weighted by molar-refractivity contribution is 5.95. The number of fused-ring (bicyclic) bond motifs is 2. The van der Waals surface area contributed by atoms with Crippen molar-refractivity contribution < 1.29 is 19.0 Å². The molecule has 2 aliphatic heterocycles. The van der Waals surface area contributed by atoms with Gasteiger partial charge in [0.15, 0.2) is 0 Å². The Labute approximate surface area is 175 Å². The molecule has 5 rings (SSSR count). The van der Waals surface area contributed by atoms with Gasteiger partial charge in [0.05, 0.1) is 13.2 Å². The zero-order valence-electron chi connectivity index (χ0n) is 17.0. The zero-order chi connectivity index (χ0) is 20.6. The van der Waals surface area contributed by atoms with Gasteiger partial charge in [0.2, 0.25) is 5.79 Å². The molecule has 0 radical (unpaired) electrons. The Bertz CT molecular complexity index is 1080. The summed E-state index contributed by atoms with van der Waals surface area (Å²) < 4.78 is 17.6. The molecule has 1 amide bonds. The number of carbonyl (C=O) groups excluding carboxylic acids is 1. The Balaban J connectivity index is 1.36. The molecule has 6 heteroatoms. The minimum atomic E-state index is -0.668. The topological polar surface area (TPSA) is 60.9 Å². The molecule has 1 saturated heterocycles. The van der Waals surface area contributed by atoms with E-state index in [0.717, 1.165) is 27.8 Å². The molecular formula is C24H24N2O4. The molecule has 30 heavy (non-hydrogen) atoms. The van der Waals surface area contributed by atoms with E-state index in [1.165, 1.54) is 5.39 Å². The van der Waals surface area contributed by atoms with Crippen LogP contribution in [0.5, 0.6) is 5.75 Å². The Morgan fingerprint density at radius 2 is 2.00 bits per heavy atom. The summed E-state index contributed by atoms with van der Waals surface area (Å²) in [6.45, 7) is 3.81. The van der Waals surface area contributed by atoms with Crippen molar-refractivity contribution in [3.05, 3.63) is 60.4 Å². The minimum absolute atomic E-state index is 0.267. The molecule has 0 saturated carbocycles. The molecule has 6 nitrogen and oxygen atoms in total. The molecule has 0 bridgehead atoms. The number of rotatable bonds is 2. The minimum Gasteiger partial charge on any atom is -0.462 e. The van der Waals surface area contributed by atoms with Crippen molar-refractivity contribution in [2.75, 3.05) is 19.7 Å². The quantitative estimate of drug-likeness (QED) is 0.616. The number of nitrogens with zero attached hydrogens (tertiary/aromatic N) is 2. The first-order chi connectivity index (χ1) is 14.7. The molecule has 0 atom stereocenters. The summed E-state index contributed by atoms with van der Waals surface area (Å²) in [4.78, 5) is 18.1. The highest BCUT2D eigenvalue weighted by atomic mass is 16.7. The van der Waals surface area contributed by atoms with Crippen LogP contribution in [0.25, 0.3) is 21.9 Å². The van der Waals surface area contributed by atoms with Crippen LogP contribution < -0.4 is 4.74 Å². The monoisotopic (exact) mass is 404 g/mol. The van der Waals surface area contributed by atoms with Crippen LogP contribution in [0.3, 0.4) is 0 Å². The average molecular weight is 404 g/mol. The van der Waals surface area contributed by atoms with Crippen LogP contribution in [0.15, 0.2) is 54.9 Å². The van der Waals surface area contributed by atoms with E-state index in [1.807, 2.05) is 37.5 Å². The van der Waals surface area contributed by atoms with E-state index in [-0.39, 0.29) is 6.09 Å². The summed E-state index contributed by atoms with van der Waals surface area (Å²) in [5.74, 6) is 0.182. The average Bonchev–Trinajstić information content (AvgIpc) is 2.79. The summed E-state index contributed by atoms with van der Waals surface area (Å²) in [6.07, 6.45) is 4.77. The smallest absolute Gasteiger partial charge is 0.409 e. The highest BCUT2D eigenvalue weighted by Gasteiger charge is 2.42. The molecule has 1 fully saturated rings. The van der Waals surface area contributed by atoms with Gasteiger partial charge in [-0.1, -0.05) is 30.3 Å². The molecular weight excluding hydrogens is 380 g/mol. The second kappa shape index (κ2) is 7.61. The standard InChI is InChI=1S/C24H24N2O4/c1-2-28-23(27)26-11-9-24(10-12-26)29-16-19-13-17(7-8-22(19)30-24)21-15-25-14-18-5-3-4-6-20(18)21/h3-8,13-15H,2,9-12,16H2,1H3. The number of piperidine rings is 1. The van der Waals surface area contributed by atoms with Crippen LogP contribution in [-0.4, -0.2) is 41.5 Å². The van der Waals surface area contributed by atoms with Crippen molar-refractivity contribution in [1.82, 2.24) is 9.88 Å². The lowest BCUT2D eigenvalue weighted by molar-refractivity contribution is -0.226. The van der Waals surface area contributed by atoms with E-state index < -0.39 is 5.79 Å². The van der Waals surface area contributed by atoms with Crippen molar-refractivity contribution in [3.8, 4) is 16.9 Å². The first-order valence-electron chi connectivity index (χ1n) is 10.4.